The molecule has 1 aromatic heterocycles. The minimum atomic E-state index is 0.0850. The zero-order chi connectivity index (χ0) is 13.8. The molecule has 0 aliphatic heterocycles. The van der Waals surface area contributed by atoms with Gasteiger partial charge in [0.05, 0.1) is 19.3 Å². The molecule has 1 atom stereocenters. The van der Waals surface area contributed by atoms with Crippen LogP contribution in [0.25, 0.3) is 0 Å². The van der Waals surface area contributed by atoms with Gasteiger partial charge in [-0.25, -0.2) is 0 Å². The van der Waals surface area contributed by atoms with Crippen LogP contribution in [-0.2, 0) is 7.05 Å². The van der Waals surface area contributed by atoms with Crippen molar-refractivity contribution in [2.75, 3.05) is 13.7 Å². The van der Waals surface area contributed by atoms with Gasteiger partial charge in [-0.2, -0.15) is 5.10 Å². The second-order valence-electron chi connectivity index (χ2n) is 4.32. The van der Waals surface area contributed by atoms with Crippen molar-refractivity contribution in [3.8, 4) is 5.75 Å². The minimum absolute atomic E-state index is 0.0850. The van der Waals surface area contributed by atoms with Crippen LogP contribution in [0.5, 0.6) is 5.75 Å². The Morgan fingerprint density at radius 2 is 2.26 bits per heavy atom. The summed E-state index contributed by atoms with van der Waals surface area (Å²) < 4.78 is 8.30. The van der Waals surface area contributed by atoms with E-state index in [2.05, 4.69) is 39.3 Å². The topological polar surface area (TPSA) is 39.1 Å². The number of hydrogen-bond acceptors (Lipinski definition) is 3. The van der Waals surface area contributed by atoms with Crippen LogP contribution in [0.2, 0.25) is 0 Å². The monoisotopic (exact) mass is 323 g/mol. The number of methoxy groups -OCH3 is 1. The SMILES string of the molecule is CCNC(c1cnn(C)c1)c1ccc(Br)cc1OC. The van der Waals surface area contributed by atoms with Crippen LogP contribution >= 0.6 is 15.9 Å². The Morgan fingerprint density at radius 3 is 2.84 bits per heavy atom. The average Bonchev–Trinajstić information content (AvgIpc) is 2.82. The van der Waals surface area contributed by atoms with Gasteiger partial charge in [0.2, 0.25) is 0 Å². The lowest BCUT2D eigenvalue weighted by Crippen LogP contribution is -2.22. The molecule has 1 aromatic carbocycles. The van der Waals surface area contributed by atoms with Crippen LogP contribution in [0.1, 0.15) is 24.1 Å². The van der Waals surface area contributed by atoms with Crippen molar-refractivity contribution in [2.24, 2.45) is 7.05 Å². The maximum absolute atomic E-state index is 5.48. The lowest BCUT2D eigenvalue weighted by Gasteiger charge is -2.19. The van der Waals surface area contributed by atoms with Crippen LogP contribution in [0.15, 0.2) is 35.1 Å². The number of halogens is 1. The van der Waals surface area contributed by atoms with Gasteiger partial charge in [-0.1, -0.05) is 28.9 Å². The van der Waals surface area contributed by atoms with Gasteiger partial charge in [-0.05, 0) is 18.7 Å². The van der Waals surface area contributed by atoms with Crippen LogP contribution in [0.4, 0.5) is 0 Å². The Bertz CT molecular complexity index is 553. The number of aryl methyl sites for hydroxylation is 1. The largest absolute Gasteiger partial charge is 0.496 e. The van der Waals surface area contributed by atoms with Crippen molar-refractivity contribution in [3.63, 3.8) is 0 Å². The number of benzene rings is 1. The van der Waals surface area contributed by atoms with Crippen LogP contribution < -0.4 is 10.1 Å². The summed E-state index contributed by atoms with van der Waals surface area (Å²) in [7, 11) is 3.61. The number of ether oxygens (including phenoxy) is 1. The molecule has 0 radical (unpaired) electrons. The maximum atomic E-state index is 5.48. The Hall–Kier alpha value is -1.33. The van der Waals surface area contributed by atoms with E-state index in [1.165, 1.54) is 0 Å². The molecule has 0 aliphatic rings. The second kappa shape index (κ2) is 6.21. The fraction of sp³-hybridized carbons (Fsp3) is 0.357. The highest BCUT2D eigenvalue weighted by atomic mass is 79.9. The average molecular weight is 324 g/mol. The molecule has 4 nitrogen and oxygen atoms in total. The predicted octanol–water partition coefficient (Wildman–Crippen LogP) is 2.89. The van der Waals surface area contributed by atoms with Gasteiger partial charge in [-0.15, -0.1) is 0 Å². The molecule has 2 rings (SSSR count). The fourth-order valence-corrected chi connectivity index (χ4v) is 2.46. The van der Waals surface area contributed by atoms with Crippen molar-refractivity contribution >= 4 is 15.9 Å². The minimum Gasteiger partial charge on any atom is -0.496 e. The first-order chi connectivity index (χ1) is 9.15. The van der Waals surface area contributed by atoms with E-state index in [9.17, 15) is 0 Å². The Labute approximate surface area is 121 Å². The fourth-order valence-electron chi connectivity index (χ4n) is 2.12. The van der Waals surface area contributed by atoms with Crippen molar-refractivity contribution < 1.29 is 4.74 Å². The molecule has 19 heavy (non-hydrogen) atoms. The van der Waals surface area contributed by atoms with Crippen LogP contribution in [0, 0.1) is 0 Å². The second-order valence-corrected chi connectivity index (χ2v) is 5.24. The van der Waals surface area contributed by atoms with E-state index in [1.807, 2.05) is 36.3 Å². The zero-order valence-corrected chi connectivity index (χ0v) is 12.9. The molecule has 1 N–H and O–H groups in total. The van der Waals surface area contributed by atoms with E-state index < -0.39 is 0 Å². The quantitative estimate of drug-likeness (QED) is 0.919. The molecule has 5 heteroatoms. The first-order valence-electron chi connectivity index (χ1n) is 6.21. The van der Waals surface area contributed by atoms with E-state index in [4.69, 9.17) is 4.74 Å². The lowest BCUT2D eigenvalue weighted by molar-refractivity contribution is 0.404. The summed E-state index contributed by atoms with van der Waals surface area (Å²) in [6, 6.07) is 6.17. The van der Waals surface area contributed by atoms with E-state index in [1.54, 1.807) is 7.11 Å². The molecule has 0 amide bonds. The molecule has 1 unspecified atom stereocenters. The molecule has 0 spiro atoms. The Kier molecular flexibility index (Phi) is 4.61. The first-order valence-corrected chi connectivity index (χ1v) is 7.00. The molecule has 2 aromatic rings. The van der Waals surface area contributed by atoms with E-state index in [0.717, 1.165) is 27.9 Å². The van der Waals surface area contributed by atoms with Crippen LogP contribution in [-0.4, -0.2) is 23.4 Å². The standard InChI is InChI=1S/C14H18BrN3O/c1-4-16-14(10-8-17-18(2)9-10)12-6-5-11(15)7-13(12)19-3/h5-9,14,16H,4H2,1-3H3. The maximum Gasteiger partial charge on any atom is 0.125 e. The van der Waals surface area contributed by atoms with Gasteiger partial charge < -0.3 is 10.1 Å². The molecular weight excluding hydrogens is 306 g/mol. The normalized spacial score (nSPS) is 12.4. The highest BCUT2D eigenvalue weighted by Crippen LogP contribution is 2.32. The van der Waals surface area contributed by atoms with E-state index in [-0.39, 0.29) is 6.04 Å². The summed E-state index contributed by atoms with van der Waals surface area (Å²) in [5.74, 6) is 0.865. The highest BCUT2D eigenvalue weighted by molar-refractivity contribution is 9.10. The Morgan fingerprint density at radius 1 is 1.47 bits per heavy atom. The highest BCUT2D eigenvalue weighted by Gasteiger charge is 2.18. The number of aromatic nitrogens is 2. The van der Waals surface area contributed by atoms with Gasteiger partial charge >= 0.3 is 0 Å². The molecule has 0 bridgehead atoms. The number of nitrogens with one attached hydrogen (secondary N) is 1. The third kappa shape index (κ3) is 3.16. The van der Waals surface area contributed by atoms with Gasteiger partial charge in [0.15, 0.2) is 0 Å². The number of nitrogens with zero attached hydrogens (tertiary/aromatic N) is 2. The Balaban J connectivity index is 2.44. The van der Waals surface area contributed by atoms with E-state index in [0.29, 0.717) is 0 Å². The van der Waals surface area contributed by atoms with Gasteiger partial charge in [0, 0.05) is 28.8 Å². The van der Waals surface area contributed by atoms with Crippen molar-refractivity contribution in [1.82, 2.24) is 15.1 Å². The number of rotatable bonds is 5. The summed E-state index contributed by atoms with van der Waals surface area (Å²) in [5.41, 5.74) is 2.24. The van der Waals surface area contributed by atoms with Gasteiger partial charge in [-0.3, -0.25) is 4.68 Å². The summed E-state index contributed by atoms with van der Waals surface area (Å²) >= 11 is 3.47. The summed E-state index contributed by atoms with van der Waals surface area (Å²) in [6.07, 6.45) is 3.91. The molecule has 102 valence electrons. The van der Waals surface area contributed by atoms with Crippen LogP contribution in [0.3, 0.4) is 0 Å². The van der Waals surface area contributed by atoms with Gasteiger partial charge in [0.1, 0.15) is 5.75 Å². The van der Waals surface area contributed by atoms with Crippen molar-refractivity contribution in [3.05, 3.63) is 46.2 Å². The number of hydrogen-bond donors (Lipinski definition) is 1. The summed E-state index contributed by atoms with van der Waals surface area (Å²) in [5, 5.41) is 7.72. The van der Waals surface area contributed by atoms with Crippen molar-refractivity contribution in [2.45, 2.75) is 13.0 Å². The molecule has 1 heterocycles. The smallest absolute Gasteiger partial charge is 0.125 e. The van der Waals surface area contributed by atoms with Crippen molar-refractivity contribution in [1.29, 1.82) is 0 Å². The molecular formula is C14H18BrN3O. The zero-order valence-electron chi connectivity index (χ0n) is 11.4. The third-order valence-electron chi connectivity index (χ3n) is 2.97. The lowest BCUT2D eigenvalue weighted by atomic mass is 10.0. The summed E-state index contributed by atoms with van der Waals surface area (Å²) in [4.78, 5) is 0. The summed E-state index contributed by atoms with van der Waals surface area (Å²) in [6.45, 7) is 2.97. The molecule has 0 saturated heterocycles. The van der Waals surface area contributed by atoms with E-state index >= 15 is 0 Å². The first kappa shape index (κ1) is 14.1. The molecule has 0 saturated carbocycles. The predicted molar refractivity (Wildman–Crippen MR) is 79.4 cm³/mol. The third-order valence-corrected chi connectivity index (χ3v) is 3.47. The molecule has 0 aliphatic carbocycles. The molecule has 0 fully saturated rings. The van der Waals surface area contributed by atoms with Gasteiger partial charge in [0.25, 0.3) is 0 Å².